The third kappa shape index (κ3) is 3.35. The lowest BCUT2D eigenvalue weighted by Crippen LogP contribution is -2.26. The second kappa shape index (κ2) is 7.26. The fourth-order valence-corrected chi connectivity index (χ4v) is 4.52. The van der Waals surface area contributed by atoms with Crippen LogP contribution in [0.5, 0.6) is 0 Å². The van der Waals surface area contributed by atoms with Crippen molar-refractivity contribution < 1.29 is 0 Å². The summed E-state index contributed by atoms with van der Waals surface area (Å²) in [4.78, 5) is 15.1. The van der Waals surface area contributed by atoms with Gasteiger partial charge in [0.15, 0.2) is 0 Å². The lowest BCUT2D eigenvalue weighted by Gasteiger charge is -2.16. The molecular formula is C25H27N5. The van der Waals surface area contributed by atoms with Crippen molar-refractivity contribution in [3.63, 3.8) is 0 Å². The SMILES string of the molecule is Cc1cc(-c2[nH]c3cc(-c4ccc(N5CC[C@H](N)C5)nc4)ccc3c2C)cc(C)n1. The number of H-pyrrole nitrogens is 1. The van der Waals surface area contributed by atoms with Crippen LogP contribution in [-0.2, 0) is 0 Å². The van der Waals surface area contributed by atoms with Crippen molar-refractivity contribution in [3.05, 3.63) is 65.6 Å². The topological polar surface area (TPSA) is 70.8 Å². The maximum absolute atomic E-state index is 6.03. The highest BCUT2D eigenvalue weighted by Gasteiger charge is 2.20. The van der Waals surface area contributed by atoms with Crippen LogP contribution in [0.2, 0.25) is 0 Å². The fourth-order valence-electron chi connectivity index (χ4n) is 4.52. The monoisotopic (exact) mass is 397 g/mol. The number of benzene rings is 1. The van der Waals surface area contributed by atoms with Crippen molar-refractivity contribution in [1.29, 1.82) is 0 Å². The molecule has 0 saturated carbocycles. The van der Waals surface area contributed by atoms with E-state index in [0.717, 1.165) is 59.1 Å². The number of fused-ring (bicyclic) bond motifs is 1. The van der Waals surface area contributed by atoms with Gasteiger partial charge in [0.05, 0.1) is 0 Å². The van der Waals surface area contributed by atoms with Gasteiger partial charge in [-0.15, -0.1) is 0 Å². The Labute approximate surface area is 177 Å². The van der Waals surface area contributed by atoms with Gasteiger partial charge < -0.3 is 15.6 Å². The maximum atomic E-state index is 6.03. The predicted octanol–water partition coefficient (Wildman–Crippen LogP) is 4.75. The van der Waals surface area contributed by atoms with Crippen LogP contribution in [0.1, 0.15) is 23.4 Å². The number of aromatic amines is 1. The van der Waals surface area contributed by atoms with Gasteiger partial charge in [0, 0.05) is 64.4 Å². The molecule has 4 aromatic rings. The van der Waals surface area contributed by atoms with E-state index in [-0.39, 0.29) is 6.04 Å². The van der Waals surface area contributed by atoms with E-state index in [9.17, 15) is 0 Å². The Hall–Kier alpha value is -3.18. The van der Waals surface area contributed by atoms with Gasteiger partial charge in [-0.05, 0) is 68.7 Å². The minimum absolute atomic E-state index is 0.257. The molecule has 5 heteroatoms. The first-order valence-corrected chi connectivity index (χ1v) is 10.5. The number of nitrogens with zero attached hydrogens (tertiary/aromatic N) is 3. The standard InChI is InChI=1S/C25H27N5/c1-15-10-20(11-16(2)28-15)25-17(3)22-6-4-18(12-23(22)29-25)19-5-7-24(27-13-19)30-9-8-21(26)14-30/h4-7,10-13,21,29H,8-9,14,26H2,1-3H3/t21-/m0/s1. The van der Waals surface area contributed by atoms with Crippen LogP contribution in [0.3, 0.4) is 0 Å². The highest BCUT2D eigenvalue weighted by atomic mass is 15.2. The summed E-state index contributed by atoms with van der Waals surface area (Å²) in [6.07, 6.45) is 3.00. The van der Waals surface area contributed by atoms with E-state index in [2.05, 4.69) is 64.3 Å². The summed E-state index contributed by atoms with van der Waals surface area (Å²) in [6, 6.07) is 15.4. The van der Waals surface area contributed by atoms with Crippen molar-refractivity contribution in [1.82, 2.24) is 15.0 Å². The fraction of sp³-hybridized carbons (Fsp3) is 0.280. The Balaban J connectivity index is 1.49. The van der Waals surface area contributed by atoms with Gasteiger partial charge in [-0.25, -0.2) is 4.98 Å². The van der Waals surface area contributed by atoms with Gasteiger partial charge in [0.1, 0.15) is 5.82 Å². The molecule has 1 saturated heterocycles. The Morgan fingerprint density at radius 1 is 0.967 bits per heavy atom. The zero-order valence-electron chi connectivity index (χ0n) is 17.7. The van der Waals surface area contributed by atoms with Crippen molar-refractivity contribution in [3.8, 4) is 22.4 Å². The predicted molar refractivity (Wildman–Crippen MR) is 124 cm³/mol. The summed E-state index contributed by atoms with van der Waals surface area (Å²) in [5.41, 5.74) is 15.1. The number of nitrogens with two attached hydrogens (primary N) is 1. The zero-order chi connectivity index (χ0) is 20.8. The molecule has 1 atom stereocenters. The smallest absolute Gasteiger partial charge is 0.128 e. The summed E-state index contributed by atoms with van der Waals surface area (Å²) in [5, 5.41) is 1.25. The summed E-state index contributed by atoms with van der Waals surface area (Å²) >= 11 is 0. The van der Waals surface area contributed by atoms with Gasteiger partial charge in [-0.2, -0.15) is 0 Å². The Bertz CT molecular complexity index is 1200. The van der Waals surface area contributed by atoms with Gasteiger partial charge >= 0.3 is 0 Å². The second-order valence-corrected chi connectivity index (χ2v) is 8.42. The first-order chi connectivity index (χ1) is 14.5. The van der Waals surface area contributed by atoms with Crippen LogP contribution in [0.25, 0.3) is 33.3 Å². The normalized spacial score (nSPS) is 16.5. The number of aromatic nitrogens is 3. The van der Waals surface area contributed by atoms with Gasteiger partial charge in [0.25, 0.3) is 0 Å². The molecule has 1 aliphatic heterocycles. The molecule has 5 rings (SSSR count). The highest BCUT2D eigenvalue weighted by Crippen LogP contribution is 2.33. The lowest BCUT2D eigenvalue weighted by molar-refractivity contribution is 0.751. The number of nitrogens with one attached hydrogen (secondary N) is 1. The highest BCUT2D eigenvalue weighted by molar-refractivity contribution is 5.93. The van der Waals surface area contributed by atoms with Crippen LogP contribution in [0, 0.1) is 20.8 Å². The summed E-state index contributed by atoms with van der Waals surface area (Å²) in [6.45, 7) is 8.13. The molecule has 0 radical (unpaired) electrons. The Morgan fingerprint density at radius 3 is 2.40 bits per heavy atom. The van der Waals surface area contributed by atoms with E-state index in [4.69, 9.17) is 10.7 Å². The molecule has 0 bridgehead atoms. The molecule has 3 aromatic heterocycles. The molecule has 0 unspecified atom stereocenters. The van der Waals surface area contributed by atoms with Crippen molar-refractivity contribution in [2.24, 2.45) is 5.73 Å². The lowest BCUT2D eigenvalue weighted by atomic mass is 10.0. The number of anilines is 1. The Morgan fingerprint density at radius 2 is 1.73 bits per heavy atom. The molecule has 3 N–H and O–H groups in total. The van der Waals surface area contributed by atoms with Crippen molar-refractivity contribution in [2.75, 3.05) is 18.0 Å². The van der Waals surface area contributed by atoms with Gasteiger partial charge in [-0.3, -0.25) is 4.98 Å². The molecule has 1 aliphatic rings. The van der Waals surface area contributed by atoms with E-state index < -0.39 is 0 Å². The molecular weight excluding hydrogens is 370 g/mol. The minimum Gasteiger partial charge on any atom is -0.355 e. The average molecular weight is 398 g/mol. The molecule has 0 spiro atoms. The van der Waals surface area contributed by atoms with Crippen molar-refractivity contribution >= 4 is 16.7 Å². The molecule has 1 aromatic carbocycles. The number of hydrogen-bond acceptors (Lipinski definition) is 4. The largest absolute Gasteiger partial charge is 0.355 e. The minimum atomic E-state index is 0.257. The van der Waals surface area contributed by atoms with Crippen LogP contribution in [0.15, 0.2) is 48.7 Å². The van der Waals surface area contributed by atoms with E-state index in [1.165, 1.54) is 16.5 Å². The number of aryl methyl sites for hydroxylation is 3. The first kappa shape index (κ1) is 18.8. The summed E-state index contributed by atoms with van der Waals surface area (Å²) in [5.74, 6) is 1.01. The summed E-state index contributed by atoms with van der Waals surface area (Å²) in [7, 11) is 0. The van der Waals surface area contributed by atoms with E-state index in [1.807, 2.05) is 20.0 Å². The van der Waals surface area contributed by atoms with Crippen LogP contribution >= 0.6 is 0 Å². The molecule has 152 valence electrons. The van der Waals surface area contributed by atoms with Crippen LogP contribution in [0.4, 0.5) is 5.82 Å². The molecule has 4 heterocycles. The molecule has 0 aliphatic carbocycles. The summed E-state index contributed by atoms with van der Waals surface area (Å²) < 4.78 is 0. The van der Waals surface area contributed by atoms with Crippen LogP contribution in [-0.4, -0.2) is 34.1 Å². The van der Waals surface area contributed by atoms with Gasteiger partial charge in [-0.1, -0.05) is 12.1 Å². The molecule has 0 amide bonds. The first-order valence-electron chi connectivity index (χ1n) is 10.5. The zero-order valence-corrected chi connectivity index (χ0v) is 17.7. The third-order valence-electron chi connectivity index (χ3n) is 6.06. The number of pyridine rings is 2. The van der Waals surface area contributed by atoms with Gasteiger partial charge in [0.2, 0.25) is 0 Å². The second-order valence-electron chi connectivity index (χ2n) is 8.42. The molecule has 5 nitrogen and oxygen atoms in total. The van der Waals surface area contributed by atoms with E-state index in [1.54, 1.807) is 0 Å². The quantitative estimate of drug-likeness (QED) is 0.523. The number of hydrogen-bond donors (Lipinski definition) is 2. The number of rotatable bonds is 3. The van der Waals surface area contributed by atoms with Crippen molar-refractivity contribution in [2.45, 2.75) is 33.2 Å². The third-order valence-corrected chi connectivity index (χ3v) is 6.06. The van der Waals surface area contributed by atoms with E-state index >= 15 is 0 Å². The molecule has 1 fully saturated rings. The van der Waals surface area contributed by atoms with E-state index in [0.29, 0.717) is 0 Å². The van der Waals surface area contributed by atoms with Crippen LogP contribution < -0.4 is 10.6 Å². The Kier molecular flexibility index (Phi) is 4.55. The maximum Gasteiger partial charge on any atom is 0.128 e. The molecule has 30 heavy (non-hydrogen) atoms. The average Bonchev–Trinajstić information content (AvgIpc) is 3.30.